The molecule has 0 radical (unpaired) electrons. The minimum Gasteiger partial charge on any atom is -0.243 e. The first-order valence-electron chi connectivity index (χ1n) is 9.81. The SMILES string of the molecule is CCCCCCCCn1nc2c(C)c(F)c3c4nonc4c(C)c(F)c3c2n1. The third-order valence-electron chi connectivity index (χ3n) is 5.39. The van der Waals surface area contributed by atoms with E-state index in [4.69, 9.17) is 4.63 Å². The van der Waals surface area contributed by atoms with E-state index in [0.717, 1.165) is 12.8 Å². The van der Waals surface area contributed by atoms with Gasteiger partial charge < -0.3 is 0 Å². The van der Waals surface area contributed by atoms with Gasteiger partial charge in [0.25, 0.3) is 0 Å². The van der Waals surface area contributed by atoms with Crippen LogP contribution in [0.15, 0.2) is 4.63 Å². The Morgan fingerprint density at radius 2 is 1.32 bits per heavy atom. The first-order valence-corrected chi connectivity index (χ1v) is 9.81. The largest absolute Gasteiger partial charge is 0.243 e. The molecule has 28 heavy (non-hydrogen) atoms. The van der Waals surface area contributed by atoms with E-state index < -0.39 is 11.6 Å². The average Bonchev–Trinajstić information content (AvgIpc) is 3.33. The number of aryl methyl sites for hydroxylation is 3. The van der Waals surface area contributed by atoms with E-state index in [1.807, 2.05) is 0 Å². The van der Waals surface area contributed by atoms with Crippen LogP contribution in [0.3, 0.4) is 0 Å². The van der Waals surface area contributed by atoms with Gasteiger partial charge in [0, 0.05) is 11.1 Å². The van der Waals surface area contributed by atoms with Crippen molar-refractivity contribution in [3.8, 4) is 0 Å². The Bertz CT molecular complexity index is 1160. The summed E-state index contributed by atoms with van der Waals surface area (Å²) in [5, 5.41) is 16.6. The van der Waals surface area contributed by atoms with Gasteiger partial charge in [0.1, 0.15) is 33.7 Å². The van der Waals surface area contributed by atoms with Crippen LogP contribution in [0.25, 0.3) is 32.8 Å². The zero-order valence-electron chi connectivity index (χ0n) is 16.3. The van der Waals surface area contributed by atoms with E-state index in [-0.39, 0.29) is 27.4 Å². The van der Waals surface area contributed by atoms with E-state index in [1.54, 1.807) is 18.6 Å². The maximum absolute atomic E-state index is 15.1. The highest BCUT2D eigenvalue weighted by molar-refractivity contribution is 6.15. The van der Waals surface area contributed by atoms with E-state index >= 15 is 8.78 Å². The number of nitrogens with zero attached hydrogens (tertiary/aromatic N) is 5. The van der Waals surface area contributed by atoms with E-state index in [0.29, 0.717) is 23.1 Å². The molecule has 0 atom stereocenters. The summed E-state index contributed by atoms with van der Waals surface area (Å²) in [4.78, 5) is 1.55. The van der Waals surface area contributed by atoms with Crippen LogP contribution in [0, 0.1) is 25.5 Å². The molecule has 0 unspecified atom stereocenters. The molecule has 4 aromatic rings. The summed E-state index contributed by atoms with van der Waals surface area (Å²) in [6.07, 6.45) is 6.89. The standard InChI is InChI=1S/C20H23F2N5O/c1-4-5-6-7-8-9-10-27-23-17-11(2)15(21)14-13(19(17)24-27)16(22)12(3)18-20(14)26-28-25-18/h4-10H2,1-3H3. The molecule has 2 heterocycles. The van der Waals surface area contributed by atoms with E-state index in [9.17, 15) is 0 Å². The highest BCUT2D eigenvalue weighted by Crippen LogP contribution is 2.37. The van der Waals surface area contributed by atoms with Gasteiger partial charge in [-0.05, 0) is 30.6 Å². The number of halogens is 2. The van der Waals surface area contributed by atoms with Crippen molar-refractivity contribution in [1.82, 2.24) is 25.3 Å². The summed E-state index contributed by atoms with van der Waals surface area (Å²) in [6.45, 7) is 6.01. The van der Waals surface area contributed by atoms with Crippen molar-refractivity contribution in [2.75, 3.05) is 0 Å². The molecule has 6 nitrogen and oxygen atoms in total. The molecule has 0 fully saturated rings. The van der Waals surface area contributed by atoms with Crippen LogP contribution in [0.4, 0.5) is 8.78 Å². The molecule has 0 aliphatic rings. The first kappa shape index (κ1) is 18.7. The van der Waals surface area contributed by atoms with Gasteiger partial charge in [-0.3, -0.25) is 0 Å². The molecule has 2 aromatic carbocycles. The minimum absolute atomic E-state index is 0.0518. The fourth-order valence-electron chi connectivity index (χ4n) is 3.75. The maximum atomic E-state index is 15.1. The molecule has 148 valence electrons. The Hall–Kier alpha value is -2.64. The molecule has 0 bridgehead atoms. The first-order chi connectivity index (χ1) is 13.5. The molecule has 0 spiro atoms. The topological polar surface area (TPSA) is 69.6 Å². The zero-order chi connectivity index (χ0) is 19.8. The van der Waals surface area contributed by atoms with Gasteiger partial charge in [0.2, 0.25) is 0 Å². The Labute approximate surface area is 160 Å². The van der Waals surface area contributed by atoms with Gasteiger partial charge in [-0.2, -0.15) is 15.0 Å². The van der Waals surface area contributed by atoms with Crippen molar-refractivity contribution in [3.05, 3.63) is 22.8 Å². The van der Waals surface area contributed by atoms with Gasteiger partial charge in [-0.1, -0.05) is 39.0 Å². The number of hydrogen-bond donors (Lipinski definition) is 0. The average molecular weight is 387 g/mol. The second-order valence-electron chi connectivity index (χ2n) is 7.35. The molecular formula is C20H23F2N5O. The zero-order valence-corrected chi connectivity index (χ0v) is 16.3. The predicted molar refractivity (Wildman–Crippen MR) is 103 cm³/mol. The lowest BCUT2D eigenvalue weighted by Gasteiger charge is -2.07. The molecule has 0 aliphatic carbocycles. The lowest BCUT2D eigenvalue weighted by Crippen LogP contribution is -2.02. The number of benzene rings is 2. The molecular weight excluding hydrogens is 364 g/mol. The fraction of sp³-hybridized carbons (Fsp3) is 0.500. The van der Waals surface area contributed by atoms with Gasteiger partial charge in [-0.25, -0.2) is 13.4 Å². The minimum atomic E-state index is -0.561. The van der Waals surface area contributed by atoms with Crippen molar-refractivity contribution in [3.63, 3.8) is 0 Å². The third-order valence-corrected chi connectivity index (χ3v) is 5.39. The Kier molecular flexibility index (Phi) is 4.95. The predicted octanol–water partition coefficient (Wildman–Crippen LogP) is 5.38. The van der Waals surface area contributed by atoms with Crippen LogP contribution < -0.4 is 0 Å². The highest BCUT2D eigenvalue weighted by atomic mass is 19.1. The van der Waals surface area contributed by atoms with Crippen LogP contribution in [0.5, 0.6) is 0 Å². The number of fused-ring (bicyclic) bond motifs is 5. The van der Waals surface area contributed by atoms with Gasteiger partial charge in [0.15, 0.2) is 0 Å². The quantitative estimate of drug-likeness (QED) is 0.398. The van der Waals surface area contributed by atoms with Crippen molar-refractivity contribution in [2.24, 2.45) is 0 Å². The Morgan fingerprint density at radius 3 is 2.07 bits per heavy atom. The van der Waals surface area contributed by atoms with E-state index in [2.05, 4.69) is 27.4 Å². The van der Waals surface area contributed by atoms with Crippen LogP contribution in [-0.2, 0) is 6.54 Å². The normalized spacial score (nSPS) is 12.0. The van der Waals surface area contributed by atoms with Crippen molar-refractivity contribution in [1.29, 1.82) is 0 Å². The Balaban J connectivity index is 1.79. The number of hydrogen-bond acceptors (Lipinski definition) is 5. The highest BCUT2D eigenvalue weighted by Gasteiger charge is 2.25. The lowest BCUT2D eigenvalue weighted by molar-refractivity contribution is 0.315. The van der Waals surface area contributed by atoms with Crippen LogP contribution in [-0.4, -0.2) is 25.3 Å². The molecule has 0 saturated heterocycles. The fourth-order valence-corrected chi connectivity index (χ4v) is 3.75. The summed E-state index contributed by atoms with van der Waals surface area (Å²) >= 11 is 0. The van der Waals surface area contributed by atoms with Gasteiger partial charge >= 0.3 is 0 Å². The molecule has 0 N–H and O–H groups in total. The Morgan fingerprint density at radius 1 is 0.750 bits per heavy atom. The second kappa shape index (κ2) is 7.41. The molecule has 0 saturated carbocycles. The van der Waals surface area contributed by atoms with Gasteiger partial charge in [-0.15, -0.1) is 0 Å². The van der Waals surface area contributed by atoms with Crippen LogP contribution in [0.1, 0.15) is 56.6 Å². The summed E-state index contributed by atoms with van der Waals surface area (Å²) in [5.41, 5.74) is 1.75. The molecule has 2 aromatic heterocycles. The molecule has 0 aliphatic heterocycles. The summed E-state index contributed by atoms with van der Waals surface area (Å²) in [6, 6.07) is 0. The molecule has 0 amide bonds. The third kappa shape index (κ3) is 2.91. The summed E-state index contributed by atoms with van der Waals surface area (Å²) in [7, 11) is 0. The van der Waals surface area contributed by atoms with Crippen molar-refractivity contribution in [2.45, 2.75) is 65.8 Å². The van der Waals surface area contributed by atoms with Crippen molar-refractivity contribution >= 4 is 32.8 Å². The second-order valence-corrected chi connectivity index (χ2v) is 7.35. The van der Waals surface area contributed by atoms with Crippen LogP contribution >= 0.6 is 0 Å². The maximum Gasteiger partial charge on any atom is 0.146 e. The summed E-state index contributed by atoms with van der Waals surface area (Å²) in [5.74, 6) is -1.12. The van der Waals surface area contributed by atoms with Gasteiger partial charge in [0.05, 0.1) is 17.3 Å². The molecule has 8 heteroatoms. The lowest BCUT2D eigenvalue weighted by atomic mass is 9.99. The smallest absolute Gasteiger partial charge is 0.146 e. The van der Waals surface area contributed by atoms with Crippen molar-refractivity contribution < 1.29 is 13.4 Å². The molecule has 4 rings (SSSR count). The number of rotatable bonds is 7. The number of aromatic nitrogens is 5. The monoisotopic (exact) mass is 387 g/mol. The van der Waals surface area contributed by atoms with Crippen LogP contribution in [0.2, 0.25) is 0 Å². The van der Waals surface area contributed by atoms with E-state index in [1.165, 1.54) is 25.7 Å². The summed E-state index contributed by atoms with van der Waals surface area (Å²) < 4.78 is 35.0. The number of unbranched alkanes of at least 4 members (excludes halogenated alkanes) is 5.